The minimum Gasteiger partial charge on any atom is -0.497 e. The Morgan fingerprint density at radius 1 is 1.24 bits per heavy atom. The number of benzene rings is 1. The molecule has 1 N–H and O–H groups in total. The molecule has 25 heavy (non-hydrogen) atoms. The predicted molar refractivity (Wildman–Crippen MR) is 106 cm³/mol. The Kier molecular flexibility index (Phi) is 6.17. The Bertz CT molecular complexity index is 678. The van der Waals surface area contributed by atoms with Gasteiger partial charge < -0.3 is 19.9 Å². The molecule has 0 atom stereocenters. The summed E-state index contributed by atoms with van der Waals surface area (Å²) >= 11 is 1.72. The molecule has 0 unspecified atom stereocenters. The minimum atomic E-state index is 0.738. The molecule has 1 aliphatic heterocycles. The van der Waals surface area contributed by atoms with E-state index in [0.717, 1.165) is 51.0 Å². The molecule has 0 aliphatic carbocycles. The van der Waals surface area contributed by atoms with Crippen LogP contribution in [-0.4, -0.2) is 50.7 Å². The van der Waals surface area contributed by atoms with Gasteiger partial charge in [0.1, 0.15) is 5.75 Å². The maximum Gasteiger partial charge on any atom is 0.194 e. The topological polar surface area (TPSA) is 40.1 Å². The molecule has 0 radical (unpaired) electrons. The molecule has 2 aromatic rings. The van der Waals surface area contributed by atoms with Gasteiger partial charge in [-0.15, -0.1) is 0 Å². The van der Waals surface area contributed by atoms with E-state index in [0.29, 0.717) is 0 Å². The number of guanidine groups is 1. The highest BCUT2D eigenvalue weighted by Gasteiger charge is 2.20. The van der Waals surface area contributed by atoms with E-state index in [1.165, 1.54) is 11.3 Å². The molecule has 3 rings (SSSR count). The Hall–Kier alpha value is -2.21. The van der Waals surface area contributed by atoms with Crippen LogP contribution in [0.5, 0.6) is 5.75 Å². The number of methoxy groups -OCH3 is 1. The first-order chi connectivity index (χ1) is 12.3. The summed E-state index contributed by atoms with van der Waals surface area (Å²) in [5, 5.41) is 7.69. The lowest BCUT2D eigenvalue weighted by Gasteiger charge is -2.37. The van der Waals surface area contributed by atoms with Crippen LogP contribution in [0, 0.1) is 0 Å². The standard InChI is InChI=1S/C19H26N4OS/c1-3-20-19(21-14-16-7-12-25-15-16)23-10-8-22(9-11-23)17-5-4-6-18(13-17)24-2/h4-7,12-13,15H,3,8-11,14H2,1-2H3,(H,20,21). The number of piperazine rings is 1. The lowest BCUT2D eigenvalue weighted by molar-refractivity contribution is 0.372. The Balaban J connectivity index is 1.61. The van der Waals surface area contributed by atoms with E-state index in [2.05, 4.69) is 51.0 Å². The molecule has 5 nitrogen and oxygen atoms in total. The quantitative estimate of drug-likeness (QED) is 0.659. The smallest absolute Gasteiger partial charge is 0.194 e. The van der Waals surface area contributed by atoms with E-state index in [1.54, 1.807) is 18.4 Å². The van der Waals surface area contributed by atoms with Crippen LogP contribution < -0.4 is 15.0 Å². The van der Waals surface area contributed by atoms with Crippen LogP contribution in [0.25, 0.3) is 0 Å². The molecule has 0 bridgehead atoms. The molecule has 1 fully saturated rings. The van der Waals surface area contributed by atoms with Crippen molar-refractivity contribution in [3.63, 3.8) is 0 Å². The number of thiophene rings is 1. The lowest BCUT2D eigenvalue weighted by atomic mass is 10.2. The fourth-order valence-electron chi connectivity index (χ4n) is 2.96. The van der Waals surface area contributed by atoms with E-state index in [4.69, 9.17) is 9.73 Å². The Morgan fingerprint density at radius 3 is 2.76 bits per heavy atom. The monoisotopic (exact) mass is 358 g/mol. The molecule has 1 saturated heterocycles. The van der Waals surface area contributed by atoms with Gasteiger partial charge in [-0.3, -0.25) is 0 Å². The summed E-state index contributed by atoms with van der Waals surface area (Å²) in [7, 11) is 1.71. The molecule has 1 aromatic heterocycles. The number of hydrogen-bond donors (Lipinski definition) is 1. The fourth-order valence-corrected chi connectivity index (χ4v) is 3.62. The third-order valence-corrected chi connectivity index (χ3v) is 5.06. The first-order valence-electron chi connectivity index (χ1n) is 8.73. The fraction of sp³-hybridized carbons (Fsp3) is 0.421. The summed E-state index contributed by atoms with van der Waals surface area (Å²) in [6.45, 7) is 7.64. The molecule has 0 saturated carbocycles. The molecule has 2 heterocycles. The second-order valence-corrected chi connectivity index (χ2v) is 6.76. The number of rotatable bonds is 5. The van der Waals surface area contributed by atoms with Gasteiger partial charge in [-0.25, -0.2) is 4.99 Å². The molecule has 1 aromatic carbocycles. The summed E-state index contributed by atoms with van der Waals surface area (Å²) in [6, 6.07) is 10.4. The van der Waals surface area contributed by atoms with Crippen LogP contribution in [0.3, 0.4) is 0 Å². The third kappa shape index (κ3) is 4.66. The summed E-state index contributed by atoms with van der Waals surface area (Å²) in [6.07, 6.45) is 0. The number of nitrogens with zero attached hydrogens (tertiary/aromatic N) is 3. The second kappa shape index (κ2) is 8.76. The Morgan fingerprint density at radius 2 is 2.08 bits per heavy atom. The third-order valence-electron chi connectivity index (χ3n) is 4.32. The minimum absolute atomic E-state index is 0.738. The van der Waals surface area contributed by atoms with Crippen LogP contribution in [0.4, 0.5) is 5.69 Å². The first kappa shape index (κ1) is 17.6. The summed E-state index contributed by atoms with van der Waals surface area (Å²) in [5.74, 6) is 1.92. The van der Waals surface area contributed by atoms with Crippen molar-refractivity contribution in [2.24, 2.45) is 4.99 Å². The van der Waals surface area contributed by atoms with E-state index < -0.39 is 0 Å². The largest absolute Gasteiger partial charge is 0.497 e. The predicted octanol–water partition coefficient (Wildman–Crippen LogP) is 3.04. The van der Waals surface area contributed by atoms with Crippen molar-refractivity contribution < 1.29 is 4.74 Å². The summed E-state index contributed by atoms with van der Waals surface area (Å²) in [4.78, 5) is 9.56. The lowest BCUT2D eigenvalue weighted by Crippen LogP contribution is -2.52. The van der Waals surface area contributed by atoms with Gasteiger partial charge in [0.2, 0.25) is 0 Å². The number of anilines is 1. The van der Waals surface area contributed by atoms with Gasteiger partial charge >= 0.3 is 0 Å². The normalized spacial score (nSPS) is 15.4. The van der Waals surface area contributed by atoms with Crippen molar-refractivity contribution in [2.45, 2.75) is 13.5 Å². The van der Waals surface area contributed by atoms with Crippen molar-refractivity contribution in [3.8, 4) is 5.75 Å². The number of nitrogens with one attached hydrogen (secondary N) is 1. The molecular weight excluding hydrogens is 332 g/mol. The van der Waals surface area contributed by atoms with Crippen molar-refractivity contribution in [2.75, 3.05) is 44.7 Å². The molecule has 0 spiro atoms. The van der Waals surface area contributed by atoms with Crippen LogP contribution >= 0.6 is 11.3 Å². The average molecular weight is 359 g/mol. The van der Waals surface area contributed by atoms with Gasteiger partial charge in [0, 0.05) is 44.5 Å². The molecular formula is C19H26N4OS. The maximum absolute atomic E-state index is 5.34. The van der Waals surface area contributed by atoms with Crippen molar-refractivity contribution in [1.29, 1.82) is 0 Å². The zero-order valence-electron chi connectivity index (χ0n) is 14.9. The van der Waals surface area contributed by atoms with Crippen LogP contribution in [0.1, 0.15) is 12.5 Å². The maximum atomic E-state index is 5.34. The Labute approximate surface area is 153 Å². The summed E-state index contributed by atoms with van der Waals surface area (Å²) in [5.41, 5.74) is 2.50. The SMILES string of the molecule is CCNC(=NCc1ccsc1)N1CCN(c2cccc(OC)c2)CC1. The van der Waals surface area contributed by atoms with E-state index in [9.17, 15) is 0 Å². The van der Waals surface area contributed by atoms with Crippen LogP contribution in [0.15, 0.2) is 46.1 Å². The molecule has 6 heteroatoms. The van der Waals surface area contributed by atoms with E-state index in [-0.39, 0.29) is 0 Å². The van der Waals surface area contributed by atoms with E-state index >= 15 is 0 Å². The van der Waals surface area contributed by atoms with E-state index in [1.807, 2.05) is 12.1 Å². The molecule has 134 valence electrons. The van der Waals surface area contributed by atoms with Gasteiger partial charge in [-0.1, -0.05) is 6.07 Å². The number of ether oxygens (including phenoxy) is 1. The highest BCUT2D eigenvalue weighted by Crippen LogP contribution is 2.22. The van der Waals surface area contributed by atoms with Gasteiger partial charge in [0.05, 0.1) is 13.7 Å². The van der Waals surface area contributed by atoms with Gasteiger partial charge in [-0.05, 0) is 41.4 Å². The number of aliphatic imine (C=N–C) groups is 1. The second-order valence-electron chi connectivity index (χ2n) is 5.98. The zero-order valence-corrected chi connectivity index (χ0v) is 15.8. The van der Waals surface area contributed by atoms with Gasteiger partial charge in [-0.2, -0.15) is 11.3 Å². The van der Waals surface area contributed by atoms with Crippen molar-refractivity contribution in [3.05, 3.63) is 46.7 Å². The highest BCUT2D eigenvalue weighted by molar-refractivity contribution is 7.07. The van der Waals surface area contributed by atoms with Crippen LogP contribution in [0.2, 0.25) is 0 Å². The van der Waals surface area contributed by atoms with Crippen LogP contribution in [-0.2, 0) is 6.54 Å². The molecule has 0 amide bonds. The molecule has 1 aliphatic rings. The van der Waals surface area contributed by atoms with Gasteiger partial charge in [0.15, 0.2) is 5.96 Å². The van der Waals surface area contributed by atoms with Gasteiger partial charge in [0.25, 0.3) is 0 Å². The van der Waals surface area contributed by atoms with Crippen molar-refractivity contribution in [1.82, 2.24) is 10.2 Å². The number of hydrogen-bond acceptors (Lipinski definition) is 4. The van der Waals surface area contributed by atoms with Crippen molar-refractivity contribution >= 4 is 23.0 Å². The highest BCUT2D eigenvalue weighted by atomic mass is 32.1. The zero-order chi connectivity index (χ0) is 17.5. The summed E-state index contributed by atoms with van der Waals surface area (Å²) < 4.78 is 5.34. The average Bonchev–Trinajstić information content (AvgIpc) is 3.19. The first-order valence-corrected chi connectivity index (χ1v) is 9.67.